The maximum Gasteiger partial charge on any atom is 0.322 e. The van der Waals surface area contributed by atoms with Crippen molar-refractivity contribution >= 4 is 21.9 Å². The van der Waals surface area contributed by atoms with Crippen LogP contribution in [-0.2, 0) is 15.4 Å². The number of aromatic nitrogens is 2. The maximum atomic E-state index is 12.8. The van der Waals surface area contributed by atoms with Crippen LogP contribution in [-0.4, -0.2) is 41.9 Å². The Labute approximate surface area is 165 Å². The largest absolute Gasteiger partial charge is 0.407 e. The lowest BCUT2D eigenvalue weighted by Crippen LogP contribution is -2.39. The second-order valence-electron chi connectivity index (χ2n) is 8.25. The molecule has 0 spiro atoms. The number of hydrogen-bond donors (Lipinski definition) is 1. The summed E-state index contributed by atoms with van der Waals surface area (Å²) in [7, 11) is -3.55. The van der Waals surface area contributed by atoms with Gasteiger partial charge in [0.1, 0.15) is 0 Å². The Balaban J connectivity index is 1.71. The quantitative estimate of drug-likeness (QED) is 0.837. The predicted octanol–water partition coefficient (Wildman–Crippen LogP) is 3.04. The molecule has 3 rings (SSSR count). The second kappa shape index (κ2) is 7.63. The summed E-state index contributed by atoms with van der Waals surface area (Å²) in [6.07, 6.45) is 1.90. The van der Waals surface area contributed by atoms with E-state index in [2.05, 4.69) is 22.4 Å². The fourth-order valence-electron chi connectivity index (χ4n) is 3.04. The number of anilines is 1. The van der Waals surface area contributed by atoms with Gasteiger partial charge < -0.3 is 4.42 Å². The minimum atomic E-state index is -3.55. The molecule has 8 nitrogen and oxygen atoms in total. The van der Waals surface area contributed by atoms with Gasteiger partial charge in [0, 0.05) is 24.1 Å². The fraction of sp³-hybridized carbons (Fsp3) is 0.526. The Morgan fingerprint density at radius 3 is 2.46 bits per heavy atom. The molecule has 1 aromatic carbocycles. The third kappa shape index (κ3) is 4.41. The van der Waals surface area contributed by atoms with E-state index in [9.17, 15) is 13.2 Å². The number of sulfonamides is 1. The molecule has 1 fully saturated rings. The first kappa shape index (κ1) is 20.5. The molecule has 1 aliphatic rings. The molecule has 0 unspecified atom stereocenters. The monoisotopic (exact) mass is 406 g/mol. The molecule has 0 radical (unpaired) electrons. The number of amides is 1. The summed E-state index contributed by atoms with van der Waals surface area (Å²) < 4.78 is 32.6. The van der Waals surface area contributed by atoms with Crippen LogP contribution in [0.2, 0.25) is 0 Å². The average Bonchev–Trinajstić information content (AvgIpc) is 3.11. The van der Waals surface area contributed by atoms with Crippen LogP contribution in [0, 0.1) is 5.92 Å². The Bertz CT molecular complexity index is 945. The Kier molecular flexibility index (Phi) is 5.58. The number of nitrogens with zero attached hydrogens (tertiary/aromatic N) is 3. The van der Waals surface area contributed by atoms with Gasteiger partial charge in [0.2, 0.25) is 15.9 Å². The third-order valence-corrected chi connectivity index (χ3v) is 6.54. The molecule has 0 aliphatic carbocycles. The van der Waals surface area contributed by atoms with Crippen LogP contribution >= 0.6 is 0 Å². The summed E-state index contributed by atoms with van der Waals surface area (Å²) in [5, 5.41) is 10.3. The van der Waals surface area contributed by atoms with E-state index < -0.39 is 15.9 Å². The van der Waals surface area contributed by atoms with Gasteiger partial charge in [-0.05, 0) is 43.0 Å². The molecular formula is C19H26N4O4S. The zero-order valence-corrected chi connectivity index (χ0v) is 17.4. The molecule has 0 saturated carbocycles. The van der Waals surface area contributed by atoms with Crippen LogP contribution in [0.3, 0.4) is 0 Å². The number of piperidine rings is 1. The Morgan fingerprint density at radius 2 is 1.89 bits per heavy atom. The van der Waals surface area contributed by atoms with E-state index in [0.717, 1.165) is 12.8 Å². The predicted molar refractivity (Wildman–Crippen MR) is 105 cm³/mol. The summed E-state index contributed by atoms with van der Waals surface area (Å²) in [5.74, 6) is 0.320. The van der Waals surface area contributed by atoms with Crippen molar-refractivity contribution in [1.82, 2.24) is 14.5 Å². The van der Waals surface area contributed by atoms with Crippen LogP contribution in [0.4, 0.5) is 6.01 Å². The van der Waals surface area contributed by atoms with Gasteiger partial charge in [-0.15, -0.1) is 5.10 Å². The zero-order valence-electron chi connectivity index (χ0n) is 16.6. The number of carbonyl (C=O) groups is 1. The van der Waals surface area contributed by atoms with Gasteiger partial charge in [-0.25, -0.2) is 8.42 Å². The Morgan fingerprint density at radius 1 is 1.21 bits per heavy atom. The Hall–Kier alpha value is -2.26. The molecule has 1 N–H and O–H groups in total. The van der Waals surface area contributed by atoms with Gasteiger partial charge in [-0.1, -0.05) is 32.8 Å². The molecule has 2 aromatic rings. The van der Waals surface area contributed by atoms with Crippen molar-refractivity contribution < 1.29 is 17.6 Å². The number of benzene rings is 1. The second-order valence-corrected chi connectivity index (χ2v) is 10.2. The van der Waals surface area contributed by atoms with Gasteiger partial charge in [0.25, 0.3) is 5.91 Å². The molecule has 1 saturated heterocycles. The van der Waals surface area contributed by atoms with E-state index >= 15 is 0 Å². The average molecular weight is 407 g/mol. The van der Waals surface area contributed by atoms with Crippen LogP contribution < -0.4 is 5.32 Å². The van der Waals surface area contributed by atoms with E-state index in [1.807, 2.05) is 20.8 Å². The van der Waals surface area contributed by atoms with E-state index in [0.29, 0.717) is 30.5 Å². The van der Waals surface area contributed by atoms with Gasteiger partial charge in [-0.2, -0.15) is 4.31 Å². The number of nitrogens with one attached hydrogen (secondary N) is 1. The summed E-state index contributed by atoms with van der Waals surface area (Å²) >= 11 is 0. The molecule has 28 heavy (non-hydrogen) atoms. The standard InChI is InChI=1S/C19H26N4O4S/c1-13-6-5-11-23(12-13)28(25,26)15-9-7-14(8-10-15)16(24)20-18-22-21-17(27-18)19(2,3)4/h7-10,13H,5-6,11-12H2,1-4H3,(H,20,22,24)/t13-/m0/s1. The summed E-state index contributed by atoms with van der Waals surface area (Å²) in [6.45, 7) is 8.88. The van der Waals surface area contributed by atoms with Crippen LogP contribution in [0.15, 0.2) is 33.6 Å². The minimum Gasteiger partial charge on any atom is -0.407 e. The molecule has 2 heterocycles. The minimum absolute atomic E-state index is 0.00827. The van der Waals surface area contributed by atoms with E-state index in [4.69, 9.17) is 4.42 Å². The molecule has 1 amide bonds. The van der Waals surface area contributed by atoms with Crippen molar-refractivity contribution in [3.8, 4) is 0 Å². The van der Waals surface area contributed by atoms with E-state index in [-0.39, 0.29) is 16.3 Å². The van der Waals surface area contributed by atoms with Gasteiger partial charge in [-0.3, -0.25) is 10.1 Å². The van der Waals surface area contributed by atoms with Crippen LogP contribution in [0.1, 0.15) is 56.8 Å². The molecule has 9 heteroatoms. The third-order valence-electron chi connectivity index (χ3n) is 4.66. The first-order valence-electron chi connectivity index (χ1n) is 9.33. The lowest BCUT2D eigenvalue weighted by atomic mass is 9.97. The maximum absolute atomic E-state index is 12.8. The first-order chi connectivity index (χ1) is 13.1. The summed E-state index contributed by atoms with van der Waals surface area (Å²) in [4.78, 5) is 12.6. The highest BCUT2D eigenvalue weighted by Crippen LogP contribution is 2.24. The molecule has 0 bridgehead atoms. The highest BCUT2D eigenvalue weighted by molar-refractivity contribution is 7.89. The van der Waals surface area contributed by atoms with Crippen molar-refractivity contribution in [2.24, 2.45) is 5.92 Å². The zero-order chi connectivity index (χ0) is 20.5. The molecule has 1 atom stereocenters. The fourth-order valence-corrected chi connectivity index (χ4v) is 4.64. The van der Waals surface area contributed by atoms with Gasteiger partial charge in [0.15, 0.2) is 0 Å². The van der Waals surface area contributed by atoms with Crippen molar-refractivity contribution in [2.45, 2.75) is 50.8 Å². The highest BCUT2D eigenvalue weighted by Gasteiger charge is 2.29. The van der Waals surface area contributed by atoms with Crippen molar-refractivity contribution in [3.63, 3.8) is 0 Å². The van der Waals surface area contributed by atoms with Crippen LogP contribution in [0.5, 0.6) is 0 Å². The summed E-state index contributed by atoms with van der Waals surface area (Å²) in [6, 6.07) is 5.89. The normalized spacial score (nSPS) is 18.8. The topological polar surface area (TPSA) is 105 Å². The van der Waals surface area contributed by atoms with Crippen molar-refractivity contribution in [3.05, 3.63) is 35.7 Å². The molecule has 152 valence electrons. The van der Waals surface area contributed by atoms with Crippen molar-refractivity contribution in [2.75, 3.05) is 18.4 Å². The lowest BCUT2D eigenvalue weighted by Gasteiger charge is -2.30. The van der Waals surface area contributed by atoms with E-state index in [1.54, 1.807) is 0 Å². The number of hydrogen-bond acceptors (Lipinski definition) is 6. The first-order valence-corrected chi connectivity index (χ1v) is 10.8. The van der Waals surface area contributed by atoms with Gasteiger partial charge in [0.05, 0.1) is 4.90 Å². The highest BCUT2D eigenvalue weighted by atomic mass is 32.2. The number of rotatable bonds is 4. The summed E-state index contributed by atoms with van der Waals surface area (Å²) in [5.41, 5.74) is -0.0146. The lowest BCUT2D eigenvalue weighted by molar-refractivity contribution is 0.102. The molecule has 1 aliphatic heterocycles. The SMILES string of the molecule is C[C@H]1CCCN(S(=O)(=O)c2ccc(C(=O)Nc3nnc(C(C)(C)C)o3)cc2)C1. The number of carbonyl (C=O) groups excluding carboxylic acids is 1. The van der Waals surface area contributed by atoms with E-state index in [1.165, 1.54) is 28.6 Å². The van der Waals surface area contributed by atoms with Crippen molar-refractivity contribution in [1.29, 1.82) is 0 Å². The van der Waals surface area contributed by atoms with Crippen LogP contribution in [0.25, 0.3) is 0 Å². The molecule has 1 aromatic heterocycles. The molecular weight excluding hydrogens is 380 g/mol. The smallest absolute Gasteiger partial charge is 0.322 e. The van der Waals surface area contributed by atoms with Gasteiger partial charge >= 0.3 is 6.01 Å².